The van der Waals surface area contributed by atoms with Crippen LogP contribution in [-0.4, -0.2) is 168 Å². The van der Waals surface area contributed by atoms with E-state index in [2.05, 4.69) is 10.6 Å². The van der Waals surface area contributed by atoms with Gasteiger partial charge in [-0.05, 0) is 39.8 Å². The molecule has 15 atom stereocenters. The lowest BCUT2D eigenvalue weighted by molar-refractivity contribution is -0.393. The van der Waals surface area contributed by atoms with Crippen molar-refractivity contribution in [2.45, 2.75) is 131 Å². The lowest BCUT2D eigenvalue weighted by Gasteiger charge is -2.45. The van der Waals surface area contributed by atoms with E-state index >= 15 is 0 Å². The molecular formula is C36H45N7O20. The number of nitrogens with zero attached hydrogens (tertiary/aromatic N) is 5. The van der Waals surface area contributed by atoms with Crippen LogP contribution >= 0.6 is 0 Å². The van der Waals surface area contributed by atoms with Gasteiger partial charge in [0.25, 0.3) is 22.7 Å². The van der Waals surface area contributed by atoms with E-state index in [4.69, 9.17) is 37.9 Å². The fourth-order valence-electron chi connectivity index (χ4n) is 9.05. The molecule has 0 aromatic heterocycles. The summed E-state index contributed by atoms with van der Waals surface area (Å²) in [6.45, 7) is 5.27. The molecule has 6 N–H and O–H groups in total. The van der Waals surface area contributed by atoms with Crippen molar-refractivity contribution in [2.24, 2.45) is 0 Å². The van der Waals surface area contributed by atoms with Crippen LogP contribution in [0.1, 0.15) is 27.7 Å². The zero-order valence-electron chi connectivity index (χ0n) is 33.8. The van der Waals surface area contributed by atoms with Crippen molar-refractivity contribution in [3.05, 3.63) is 76.9 Å². The number of benzene rings is 2. The van der Waals surface area contributed by atoms with Gasteiger partial charge in [0.1, 0.15) is 54.1 Å². The number of non-ortho nitro benzene ring substituents is 2. The number of nitrogens with one attached hydrogen (secondary N) is 2. The molecule has 6 fully saturated rings. The van der Waals surface area contributed by atoms with Crippen molar-refractivity contribution in [1.29, 1.82) is 0 Å². The molecule has 0 unspecified atom stereocenters. The third-order valence-corrected chi connectivity index (χ3v) is 11.7. The lowest BCUT2D eigenvalue weighted by atomic mass is 9.93. The number of fused-ring (bicyclic) bond motifs is 4. The van der Waals surface area contributed by atoms with E-state index in [0.717, 1.165) is 36.4 Å². The van der Waals surface area contributed by atoms with Crippen LogP contribution in [0, 0.1) is 40.5 Å². The van der Waals surface area contributed by atoms with Gasteiger partial charge in [-0.2, -0.15) is 0 Å². The molecular weight excluding hydrogens is 850 g/mol. The van der Waals surface area contributed by atoms with Crippen LogP contribution in [0.25, 0.3) is 0 Å². The third-order valence-electron chi connectivity index (χ3n) is 11.7. The number of ether oxygens (including phenoxy) is 8. The largest absolute Gasteiger partial charge is 0.389 e. The highest BCUT2D eigenvalue weighted by Gasteiger charge is 2.60. The van der Waals surface area contributed by atoms with E-state index in [1.54, 1.807) is 27.7 Å². The summed E-state index contributed by atoms with van der Waals surface area (Å²) in [5.41, 5.74) is -2.77. The van der Waals surface area contributed by atoms with Gasteiger partial charge in [-0.3, -0.25) is 45.4 Å². The van der Waals surface area contributed by atoms with Crippen LogP contribution < -0.4 is 10.6 Å². The Morgan fingerprint density at radius 2 is 1.11 bits per heavy atom. The summed E-state index contributed by atoms with van der Waals surface area (Å²) < 4.78 is 47.5. The summed E-state index contributed by atoms with van der Waals surface area (Å²) in [6.07, 6.45) is -15.4. The fourth-order valence-corrected chi connectivity index (χ4v) is 9.05. The molecule has 27 nitrogen and oxygen atoms in total. The number of nitro groups is 4. The molecule has 0 aliphatic carbocycles. The van der Waals surface area contributed by atoms with Gasteiger partial charge < -0.3 is 69.0 Å². The number of hydrogen-bond donors (Lipinski definition) is 6. The smallest absolute Gasteiger partial charge is 0.299 e. The van der Waals surface area contributed by atoms with E-state index in [0.29, 0.717) is 0 Å². The molecule has 6 aliphatic heterocycles. The first-order valence-electron chi connectivity index (χ1n) is 19.8. The molecule has 2 aromatic carbocycles. The number of hydrogen-bond acceptors (Lipinski definition) is 23. The van der Waals surface area contributed by atoms with Crippen LogP contribution in [0.2, 0.25) is 0 Å². The molecule has 0 saturated carbocycles. The maximum Gasteiger partial charge on any atom is 0.299 e. The summed E-state index contributed by atoms with van der Waals surface area (Å²) >= 11 is 0. The van der Waals surface area contributed by atoms with E-state index < -0.39 is 159 Å². The molecule has 8 rings (SSSR count). The number of nitro benzene ring substituents is 4. The topological polar surface area (TPSA) is 355 Å². The maximum atomic E-state index is 12.1. The molecule has 0 amide bonds. The molecule has 6 aliphatic rings. The summed E-state index contributed by atoms with van der Waals surface area (Å²) in [7, 11) is 0. The minimum atomic E-state index is -1.64. The van der Waals surface area contributed by atoms with Crippen molar-refractivity contribution in [2.75, 3.05) is 30.3 Å². The van der Waals surface area contributed by atoms with Crippen LogP contribution in [0.4, 0.5) is 34.1 Å². The average Bonchev–Trinajstić information content (AvgIpc) is 4.00. The summed E-state index contributed by atoms with van der Waals surface area (Å²) in [5.74, 6) is -2.42. The summed E-state index contributed by atoms with van der Waals surface area (Å²) in [5, 5.41) is 100. The van der Waals surface area contributed by atoms with Crippen molar-refractivity contribution in [1.82, 2.24) is 4.90 Å². The van der Waals surface area contributed by atoms with Gasteiger partial charge in [-0.25, -0.2) is 0 Å². The highest BCUT2D eigenvalue weighted by atomic mass is 16.8. The second-order valence-corrected chi connectivity index (χ2v) is 16.8. The minimum absolute atomic E-state index is 0.0997. The fraction of sp³-hybridized carbons (Fsp3) is 0.667. The van der Waals surface area contributed by atoms with Crippen molar-refractivity contribution >= 4 is 34.1 Å². The Labute approximate surface area is 355 Å². The molecule has 2 bridgehead atoms. The van der Waals surface area contributed by atoms with E-state index in [1.165, 1.54) is 4.90 Å². The molecule has 344 valence electrons. The first-order valence-corrected chi connectivity index (χ1v) is 19.8. The van der Waals surface area contributed by atoms with E-state index in [1.807, 2.05) is 0 Å². The van der Waals surface area contributed by atoms with Crippen molar-refractivity contribution in [3.8, 4) is 0 Å². The normalized spacial score (nSPS) is 35.8. The summed E-state index contributed by atoms with van der Waals surface area (Å²) in [6, 6.07) is 2.32. The van der Waals surface area contributed by atoms with Gasteiger partial charge >= 0.3 is 0 Å². The zero-order valence-corrected chi connectivity index (χ0v) is 33.8. The third kappa shape index (κ3) is 8.59. The first-order chi connectivity index (χ1) is 29.6. The van der Waals surface area contributed by atoms with Gasteiger partial charge in [0.2, 0.25) is 0 Å². The Hall–Kier alpha value is -4.88. The number of aliphatic hydroxyl groups is 4. The second kappa shape index (κ2) is 16.6. The van der Waals surface area contributed by atoms with Crippen LogP contribution in [0.15, 0.2) is 36.4 Å². The Kier molecular flexibility index (Phi) is 11.8. The van der Waals surface area contributed by atoms with Gasteiger partial charge in [-0.15, -0.1) is 0 Å². The van der Waals surface area contributed by atoms with E-state index in [-0.39, 0.29) is 18.0 Å². The van der Waals surface area contributed by atoms with Gasteiger partial charge in [0.15, 0.2) is 30.4 Å². The number of anilines is 2. The molecule has 0 spiro atoms. The van der Waals surface area contributed by atoms with Gasteiger partial charge in [-0.1, -0.05) is 0 Å². The molecule has 6 heterocycles. The van der Waals surface area contributed by atoms with Crippen LogP contribution in [-0.2, 0) is 37.9 Å². The Morgan fingerprint density at radius 3 is 1.52 bits per heavy atom. The Balaban J connectivity index is 1.10. The summed E-state index contributed by atoms with van der Waals surface area (Å²) in [4.78, 5) is 45.2. The zero-order chi connectivity index (χ0) is 45.4. The van der Waals surface area contributed by atoms with Crippen LogP contribution in [0.3, 0.4) is 0 Å². The minimum Gasteiger partial charge on any atom is -0.389 e. The molecule has 63 heavy (non-hydrogen) atoms. The first kappa shape index (κ1) is 44.7. The highest BCUT2D eigenvalue weighted by Crippen LogP contribution is 2.44. The maximum absolute atomic E-state index is 12.1. The predicted molar refractivity (Wildman–Crippen MR) is 206 cm³/mol. The van der Waals surface area contributed by atoms with Gasteiger partial charge in [0, 0.05) is 25.2 Å². The quantitative estimate of drug-likeness (QED) is 0.103. The average molecular weight is 896 g/mol. The van der Waals surface area contributed by atoms with Crippen molar-refractivity contribution in [3.63, 3.8) is 0 Å². The Bertz CT molecular complexity index is 1990. The van der Waals surface area contributed by atoms with Crippen molar-refractivity contribution < 1.29 is 78.0 Å². The number of rotatable bonds is 15. The lowest BCUT2D eigenvalue weighted by Crippen LogP contribution is -2.65. The Morgan fingerprint density at radius 1 is 0.667 bits per heavy atom. The van der Waals surface area contributed by atoms with E-state index in [9.17, 15) is 60.9 Å². The van der Waals surface area contributed by atoms with Gasteiger partial charge in [0.05, 0.1) is 68.8 Å². The SMILES string of the molecule is CC1(C)O[C@H]2O[C@H]([C@H](O)CN(C[C@H](O)[C@H]3O[C@@H]4OC(C)(C)O[C@@H]4[C@H]3Nc3ccc([N+](=O)[O-])cc3[N+](=O)[O-])[C@@H]3[C@H](O)[C@@H]4OC[C@@H](O4)[C@H]3O)[C@H](Nc3ccc([N+](=O)[O-])cc3[N+](=O)[O-])[C@H]2O1. The second-order valence-electron chi connectivity index (χ2n) is 16.8. The standard InChI is InChI=1S/C36H45N7O20/c1-35(2)60-30-23(37-16-7-5-14(40(48)49)9-18(16)42(52)53)28(58-33(30)62-35)20(44)11-39(25-26(46)22-13-56-32(57-22)27(25)47)12-21(45)29-24(31-34(59-29)63-36(3,4)61-31)38-17-8-6-15(41(50)51)10-19(17)43(54)55/h5-10,20-34,37-38,44-47H,11-13H2,1-4H3/t20-,21+,22-,23+,24+,25+,26-,27+,28-,29-,30-,31-,32-,33-,34-/m1/s1. The molecule has 2 aromatic rings. The number of aliphatic hydroxyl groups excluding tert-OH is 4. The molecule has 0 radical (unpaired) electrons. The molecule has 27 heteroatoms. The molecule has 6 saturated heterocycles. The van der Waals surface area contributed by atoms with Crippen LogP contribution in [0.5, 0.6) is 0 Å². The monoisotopic (exact) mass is 895 g/mol. The highest BCUT2D eigenvalue weighted by molar-refractivity contribution is 5.67. The predicted octanol–water partition coefficient (Wildman–Crippen LogP) is 0.203.